The molecule has 2 rings (SSSR count). The average Bonchev–Trinajstić information content (AvgIpc) is 2.55. The molecule has 4 heteroatoms. The van der Waals surface area contributed by atoms with Crippen LogP contribution in [0.15, 0.2) is 36.5 Å². The van der Waals surface area contributed by atoms with Crippen molar-refractivity contribution in [3.8, 4) is 0 Å². The SMILES string of the molecule is CC=CCCC=CC1OCC(C2CCC(C=C(F)F)CC2)CO1. The smallest absolute Gasteiger partial charge is 0.266 e. The van der Waals surface area contributed by atoms with Gasteiger partial charge >= 0.3 is 0 Å². The molecule has 23 heavy (non-hydrogen) atoms. The van der Waals surface area contributed by atoms with Gasteiger partial charge in [-0.05, 0) is 69.4 Å². The first-order chi connectivity index (χ1) is 11.2. The molecule has 0 unspecified atom stereocenters. The van der Waals surface area contributed by atoms with Crippen molar-refractivity contribution in [1.82, 2.24) is 0 Å². The molecule has 2 nitrogen and oxygen atoms in total. The molecule has 1 aliphatic carbocycles. The zero-order valence-corrected chi connectivity index (χ0v) is 13.9. The molecule has 1 aliphatic heterocycles. The Hall–Kier alpha value is -1.00. The van der Waals surface area contributed by atoms with Crippen LogP contribution in [0.2, 0.25) is 0 Å². The minimum Gasteiger partial charge on any atom is -0.349 e. The van der Waals surface area contributed by atoms with Gasteiger partial charge in [-0.15, -0.1) is 0 Å². The minimum atomic E-state index is -1.54. The van der Waals surface area contributed by atoms with Crippen LogP contribution in [0.25, 0.3) is 0 Å². The van der Waals surface area contributed by atoms with E-state index in [-0.39, 0.29) is 12.2 Å². The Labute approximate surface area is 138 Å². The molecule has 1 saturated carbocycles. The Morgan fingerprint density at radius 3 is 2.22 bits per heavy atom. The Balaban J connectivity index is 1.66. The largest absolute Gasteiger partial charge is 0.349 e. The summed E-state index contributed by atoms with van der Waals surface area (Å²) in [5.74, 6) is 0.999. The lowest BCUT2D eigenvalue weighted by molar-refractivity contribution is -0.185. The molecule has 0 aromatic carbocycles. The van der Waals surface area contributed by atoms with Gasteiger partial charge in [0.2, 0.25) is 0 Å². The number of hydrogen-bond acceptors (Lipinski definition) is 2. The first kappa shape index (κ1) is 18.3. The standard InChI is InChI=1S/C19H28F2O2/c1-2-3-4-5-6-7-19-22-13-17(14-23-19)16-10-8-15(9-11-16)12-18(20)21/h2-3,6-7,12,15-17,19H,4-5,8-11,13-14H2,1H3. The molecule has 0 aromatic heterocycles. The topological polar surface area (TPSA) is 18.5 Å². The number of rotatable bonds is 6. The number of hydrogen-bond donors (Lipinski definition) is 0. The number of halogens is 2. The second-order valence-corrected chi connectivity index (χ2v) is 6.50. The van der Waals surface area contributed by atoms with Crippen molar-refractivity contribution in [2.75, 3.05) is 13.2 Å². The second-order valence-electron chi connectivity index (χ2n) is 6.50. The summed E-state index contributed by atoms with van der Waals surface area (Å²) in [6.45, 7) is 3.45. The van der Waals surface area contributed by atoms with E-state index in [1.54, 1.807) is 0 Å². The van der Waals surface area contributed by atoms with Gasteiger partial charge in [0.05, 0.1) is 13.2 Å². The summed E-state index contributed by atoms with van der Waals surface area (Å²) in [5, 5.41) is 0. The molecule has 130 valence electrons. The predicted octanol–water partition coefficient (Wildman–Crippen LogP) is 5.47. The van der Waals surface area contributed by atoms with E-state index in [0.717, 1.165) is 44.6 Å². The highest BCUT2D eigenvalue weighted by Gasteiger charge is 2.31. The fourth-order valence-corrected chi connectivity index (χ4v) is 3.44. The average molecular weight is 326 g/mol. The molecular weight excluding hydrogens is 298 g/mol. The highest BCUT2D eigenvalue weighted by atomic mass is 19.3. The van der Waals surface area contributed by atoms with Crippen LogP contribution in [0.4, 0.5) is 8.78 Å². The van der Waals surface area contributed by atoms with Crippen LogP contribution in [0.3, 0.4) is 0 Å². The van der Waals surface area contributed by atoms with E-state index in [2.05, 4.69) is 18.2 Å². The molecule has 1 heterocycles. The highest BCUT2D eigenvalue weighted by Crippen LogP contribution is 2.36. The molecular formula is C19H28F2O2. The van der Waals surface area contributed by atoms with Crippen LogP contribution >= 0.6 is 0 Å². The number of ether oxygens (including phenoxy) is 2. The lowest BCUT2D eigenvalue weighted by Gasteiger charge is -2.36. The van der Waals surface area contributed by atoms with Crippen molar-refractivity contribution in [2.45, 2.75) is 51.7 Å². The Bertz CT molecular complexity index is 411. The van der Waals surface area contributed by atoms with Gasteiger partial charge < -0.3 is 9.47 Å². The zero-order chi connectivity index (χ0) is 16.5. The van der Waals surface area contributed by atoms with E-state index >= 15 is 0 Å². The summed E-state index contributed by atoms with van der Waals surface area (Å²) >= 11 is 0. The van der Waals surface area contributed by atoms with Crippen molar-refractivity contribution < 1.29 is 18.3 Å². The summed E-state index contributed by atoms with van der Waals surface area (Å²) < 4.78 is 36.2. The van der Waals surface area contributed by atoms with Gasteiger partial charge in [-0.3, -0.25) is 0 Å². The Morgan fingerprint density at radius 2 is 1.61 bits per heavy atom. The molecule has 0 aromatic rings. The van der Waals surface area contributed by atoms with Crippen LogP contribution in [0, 0.1) is 17.8 Å². The third kappa shape index (κ3) is 6.56. The molecule has 2 aliphatic rings. The fraction of sp³-hybridized carbons (Fsp3) is 0.684. The van der Waals surface area contributed by atoms with Crippen molar-refractivity contribution >= 4 is 0 Å². The van der Waals surface area contributed by atoms with Crippen LogP contribution in [-0.4, -0.2) is 19.5 Å². The summed E-state index contributed by atoms with van der Waals surface area (Å²) in [4.78, 5) is 0. The van der Waals surface area contributed by atoms with Gasteiger partial charge in [0, 0.05) is 5.92 Å². The van der Waals surface area contributed by atoms with Crippen molar-refractivity contribution in [3.05, 3.63) is 36.5 Å². The maximum absolute atomic E-state index is 12.3. The molecule has 0 spiro atoms. The van der Waals surface area contributed by atoms with Gasteiger partial charge in [-0.1, -0.05) is 18.2 Å². The lowest BCUT2D eigenvalue weighted by Crippen LogP contribution is -2.36. The zero-order valence-electron chi connectivity index (χ0n) is 13.9. The Kier molecular flexibility index (Phi) is 7.96. The first-order valence-electron chi connectivity index (χ1n) is 8.73. The van der Waals surface area contributed by atoms with E-state index in [0.29, 0.717) is 25.0 Å². The van der Waals surface area contributed by atoms with E-state index in [9.17, 15) is 8.78 Å². The predicted molar refractivity (Wildman–Crippen MR) is 88.1 cm³/mol. The van der Waals surface area contributed by atoms with Crippen molar-refractivity contribution in [3.63, 3.8) is 0 Å². The summed E-state index contributed by atoms with van der Waals surface area (Å²) in [6, 6.07) is 0. The van der Waals surface area contributed by atoms with E-state index in [1.165, 1.54) is 0 Å². The van der Waals surface area contributed by atoms with Gasteiger partial charge in [0.15, 0.2) is 6.29 Å². The maximum Gasteiger partial charge on any atom is 0.266 e. The molecule has 0 amide bonds. The van der Waals surface area contributed by atoms with Crippen molar-refractivity contribution in [2.24, 2.45) is 17.8 Å². The molecule has 0 bridgehead atoms. The summed E-state index contributed by atoms with van der Waals surface area (Å²) in [5.41, 5.74) is 0. The van der Waals surface area contributed by atoms with Crippen LogP contribution < -0.4 is 0 Å². The van der Waals surface area contributed by atoms with Crippen LogP contribution in [0.5, 0.6) is 0 Å². The first-order valence-corrected chi connectivity index (χ1v) is 8.73. The Morgan fingerprint density at radius 1 is 0.957 bits per heavy atom. The van der Waals surface area contributed by atoms with Gasteiger partial charge in [-0.25, -0.2) is 0 Å². The number of allylic oxidation sites excluding steroid dienone is 4. The van der Waals surface area contributed by atoms with Crippen LogP contribution in [0.1, 0.15) is 45.4 Å². The third-order valence-electron chi connectivity index (χ3n) is 4.82. The second kappa shape index (κ2) is 9.99. The molecule has 0 atom stereocenters. The van der Waals surface area contributed by atoms with Gasteiger partial charge in [0.1, 0.15) is 0 Å². The summed E-state index contributed by atoms with van der Waals surface area (Å²) in [7, 11) is 0. The molecule has 2 fully saturated rings. The lowest BCUT2D eigenvalue weighted by atomic mass is 9.76. The highest BCUT2D eigenvalue weighted by molar-refractivity contribution is 4.93. The van der Waals surface area contributed by atoms with Crippen LogP contribution in [-0.2, 0) is 9.47 Å². The fourth-order valence-electron chi connectivity index (χ4n) is 3.44. The molecule has 1 saturated heterocycles. The van der Waals surface area contributed by atoms with Crippen molar-refractivity contribution in [1.29, 1.82) is 0 Å². The molecule has 0 N–H and O–H groups in total. The van der Waals surface area contributed by atoms with Gasteiger partial charge in [0.25, 0.3) is 6.08 Å². The summed E-state index contributed by atoms with van der Waals surface area (Å²) in [6.07, 6.45) is 13.4. The van der Waals surface area contributed by atoms with Gasteiger partial charge in [-0.2, -0.15) is 8.78 Å². The van der Waals surface area contributed by atoms with E-state index in [1.807, 2.05) is 13.0 Å². The number of unbranched alkanes of at least 4 members (excludes halogenated alkanes) is 1. The quantitative estimate of drug-likeness (QED) is 0.475. The molecule has 0 radical (unpaired) electrons. The normalized spacial score (nSPS) is 32.5. The minimum absolute atomic E-state index is 0.0505. The van der Waals surface area contributed by atoms with E-state index in [4.69, 9.17) is 9.47 Å². The maximum atomic E-state index is 12.3. The van der Waals surface area contributed by atoms with E-state index < -0.39 is 6.08 Å². The third-order valence-corrected chi connectivity index (χ3v) is 4.82. The monoisotopic (exact) mass is 326 g/mol.